The summed E-state index contributed by atoms with van der Waals surface area (Å²) < 4.78 is 35.6. The Morgan fingerprint density at radius 2 is 1.61 bits per heavy atom. The molecule has 0 fully saturated rings. The van der Waals surface area contributed by atoms with E-state index >= 15 is 0 Å². The molecule has 1 rings (SSSR count). The highest BCUT2D eigenvalue weighted by Crippen LogP contribution is 2.21. The largest absolute Gasteiger partial charge is 0.389 e. The van der Waals surface area contributed by atoms with Gasteiger partial charge in [0.15, 0.2) is 0 Å². The number of aryl methyl sites for hydroxylation is 1. The fourth-order valence-electron chi connectivity index (χ4n) is 1.70. The average Bonchev–Trinajstić information content (AvgIpc) is 2.33. The molecule has 0 spiro atoms. The van der Waals surface area contributed by atoms with Crippen molar-refractivity contribution in [1.82, 2.24) is 5.32 Å². The lowest BCUT2D eigenvalue weighted by Gasteiger charge is -2.07. The van der Waals surface area contributed by atoms with Crippen molar-refractivity contribution in [2.45, 2.75) is 45.3 Å². The van der Waals surface area contributed by atoms with Crippen LogP contribution in [0, 0.1) is 0 Å². The summed E-state index contributed by atoms with van der Waals surface area (Å²) in [6.45, 7) is 3.45. The van der Waals surface area contributed by atoms with Gasteiger partial charge in [-0.25, -0.2) is 0 Å². The van der Waals surface area contributed by atoms with Crippen molar-refractivity contribution in [3.8, 4) is 0 Å². The second-order valence-electron chi connectivity index (χ2n) is 4.42. The summed E-state index contributed by atoms with van der Waals surface area (Å²) in [5, 5.41) is 3.16. The Labute approximate surface area is 106 Å². The zero-order valence-electron chi connectivity index (χ0n) is 10.7. The molecule has 0 saturated carbocycles. The number of halogens is 3. The van der Waals surface area contributed by atoms with E-state index in [9.17, 15) is 13.2 Å². The van der Waals surface area contributed by atoms with Crippen LogP contribution in [0.3, 0.4) is 0 Å². The molecule has 0 aliphatic carbocycles. The third-order valence-electron chi connectivity index (χ3n) is 2.82. The first-order valence-corrected chi connectivity index (χ1v) is 6.36. The van der Waals surface area contributed by atoms with Crippen LogP contribution in [0.4, 0.5) is 13.2 Å². The monoisotopic (exact) mass is 259 g/mol. The quantitative estimate of drug-likeness (QED) is 0.728. The van der Waals surface area contributed by atoms with Gasteiger partial charge in [0.1, 0.15) is 0 Å². The van der Waals surface area contributed by atoms with Crippen molar-refractivity contribution < 1.29 is 13.2 Å². The van der Waals surface area contributed by atoms with E-state index in [1.165, 1.54) is 11.1 Å². The fourth-order valence-corrected chi connectivity index (χ4v) is 1.70. The zero-order chi connectivity index (χ0) is 13.4. The molecule has 0 radical (unpaired) electrons. The summed E-state index contributed by atoms with van der Waals surface area (Å²) in [6.07, 6.45) is -2.92. The van der Waals surface area contributed by atoms with Crippen LogP contribution < -0.4 is 5.32 Å². The number of unbranched alkanes of at least 4 members (excludes halogenated alkanes) is 1. The van der Waals surface area contributed by atoms with Crippen molar-refractivity contribution >= 4 is 0 Å². The van der Waals surface area contributed by atoms with Gasteiger partial charge >= 0.3 is 6.18 Å². The molecule has 102 valence electrons. The lowest BCUT2D eigenvalue weighted by molar-refractivity contribution is -0.135. The molecule has 4 heteroatoms. The molecule has 1 nitrogen and oxygen atoms in total. The molecule has 1 aromatic rings. The smallest absolute Gasteiger partial charge is 0.313 e. The van der Waals surface area contributed by atoms with Crippen molar-refractivity contribution in [2.75, 3.05) is 6.54 Å². The number of alkyl halides is 3. The van der Waals surface area contributed by atoms with E-state index in [4.69, 9.17) is 0 Å². The third kappa shape index (κ3) is 6.64. The number of nitrogens with one attached hydrogen (secondary N) is 1. The van der Waals surface area contributed by atoms with Gasteiger partial charge in [0.05, 0.1) is 0 Å². The predicted molar refractivity (Wildman–Crippen MR) is 67.4 cm³/mol. The van der Waals surface area contributed by atoms with Crippen LogP contribution in [0.15, 0.2) is 24.3 Å². The normalized spacial score (nSPS) is 11.8. The molecular formula is C14H20F3N. The molecule has 1 N–H and O–H groups in total. The van der Waals surface area contributed by atoms with Crippen molar-refractivity contribution in [1.29, 1.82) is 0 Å². The molecule has 0 unspecified atom stereocenters. The molecule has 0 aliphatic rings. The van der Waals surface area contributed by atoms with Crippen LogP contribution in [-0.4, -0.2) is 12.7 Å². The molecular weight excluding hydrogens is 239 g/mol. The van der Waals surface area contributed by atoms with Crippen molar-refractivity contribution in [3.05, 3.63) is 35.4 Å². The van der Waals surface area contributed by atoms with E-state index in [2.05, 4.69) is 36.5 Å². The fraction of sp³-hybridized carbons (Fsp3) is 0.571. The van der Waals surface area contributed by atoms with Crippen molar-refractivity contribution in [2.24, 2.45) is 0 Å². The van der Waals surface area contributed by atoms with E-state index in [1.54, 1.807) is 0 Å². The van der Waals surface area contributed by atoms with Gasteiger partial charge in [-0.1, -0.05) is 31.2 Å². The van der Waals surface area contributed by atoms with Crippen molar-refractivity contribution in [3.63, 3.8) is 0 Å². The van der Waals surface area contributed by atoms with E-state index in [-0.39, 0.29) is 6.42 Å². The lowest BCUT2D eigenvalue weighted by atomic mass is 10.1. The van der Waals surface area contributed by atoms with Gasteiger partial charge in [0, 0.05) is 13.0 Å². The Morgan fingerprint density at radius 1 is 1.00 bits per heavy atom. The lowest BCUT2D eigenvalue weighted by Crippen LogP contribution is -2.15. The molecule has 0 amide bonds. The molecule has 1 aromatic carbocycles. The molecule has 0 aromatic heterocycles. The molecule has 0 atom stereocenters. The number of hydrogen-bond donors (Lipinski definition) is 1. The third-order valence-corrected chi connectivity index (χ3v) is 2.82. The van der Waals surface area contributed by atoms with Gasteiger partial charge in [0.2, 0.25) is 0 Å². The summed E-state index contributed by atoms with van der Waals surface area (Å²) in [5.74, 6) is 0. The van der Waals surface area contributed by atoms with Gasteiger partial charge in [-0.05, 0) is 36.9 Å². The first-order valence-electron chi connectivity index (χ1n) is 6.36. The standard InChI is InChI=1S/C14H20F3N/c1-2-12-5-7-13(8-6-12)11-18-10-4-3-9-14(15,16)17/h5-8,18H,2-4,9-11H2,1H3. The molecule has 0 heterocycles. The maximum Gasteiger partial charge on any atom is 0.389 e. The second kappa shape index (κ2) is 7.41. The Morgan fingerprint density at radius 3 is 2.17 bits per heavy atom. The highest BCUT2D eigenvalue weighted by molar-refractivity contribution is 5.22. The van der Waals surface area contributed by atoms with Gasteiger partial charge < -0.3 is 5.32 Å². The van der Waals surface area contributed by atoms with E-state index in [0.717, 1.165) is 13.0 Å². The van der Waals surface area contributed by atoms with E-state index in [0.29, 0.717) is 13.0 Å². The molecule has 0 saturated heterocycles. The van der Waals surface area contributed by atoms with Crippen LogP contribution in [-0.2, 0) is 13.0 Å². The molecule has 18 heavy (non-hydrogen) atoms. The predicted octanol–water partition coefficient (Wildman–Crippen LogP) is 4.07. The first-order chi connectivity index (χ1) is 8.51. The van der Waals surface area contributed by atoms with Crippen LogP contribution in [0.2, 0.25) is 0 Å². The summed E-state index contributed by atoms with van der Waals surface area (Å²) in [6, 6.07) is 8.28. The highest BCUT2D eigenvalue weighted by Gasteiger charge is 2.25. The maximum atomic E-state index is 11.9. The van der Waals surface area contributed by atoms with E-state index in [1.807, 2.05) is 0 Å². The topological polar surface area (TPSA) is 12.0 Å². The number of hydrogen-bond acceptors (Lipinski definition) is 1. The maximum absolute atomic E-state index is 11.9. The van der Waals surface area contributed by atoms with Gasteiger partial charge in [-0.3, -0.25) is 0 Å². The Balaban J connectivity index is 2.10. The minimum absolute atomic E-state index is 0.200. The molecule has 0 aliphatic heterocycles. The Kier molecular flexibility index (Phi) is 6.19. The minimum Gasteiger partial charge on any atom is -0.313 e. The SMILES string of the molecule is CCc1ccc(CNCCCCC(F)(F)F)cc1. The summed E-state index contributed by atoms with van der Waals surface area (Å²) >= 11 is 0. The van der Waals surface area contributed by atoms with Crippen LogP contribution in [0.5, 0.6) is 0 Å². The Bertz CT molecular complexity index is 330. The van der Waals surface area contributed by atoms with Crippen LogP contribution in [0.25, 0.3) is 0 Å². The average molecular weight is 259 g/mol. The summed E-state index contributed by atoms with van der Waals surface area (Å²) in [4.78, 5) is 0. The van der Waals surface area contributed by atoms with E-state index < -0.39 is 12.6 Å². The highest BCUT2D eigenvalue weighted by atomic mass is 19.4. The summed E-state index contributed by atoms with van der Waals surface area (Å²) in [7, 11) is 0. The number of benzene rings is 1. The molecule has 0 bridgehead atoms. The van der Waals surface area contributed by atoms with Crippen LogP contribution in [0.1, 0.15) is 37.3 Å². The van der Waals surface area contributed by atoms with Gasteiger partial charge in [0.25, 0.3) is 0 Å². The van der Waals surface area contributed by atoms with Gasteiger partial charge in [-0.15, -0.1) is 0 Å². The van der Waals surface area contributed by atoms with Crippen LogP contribution >= 0.6 is 0 Å². The second-order valence-corrected chi connectivity index (χ2v) is 4.42. The minimum atomic E-state index is -4.02. The number of rotatable bonds is 7. The van der Waals surface area contributed by atoms with Gasteiger partial charge in [-0.2, -0.15) is 13.2 Å². The first kappa shape index (κ1) is 15.0. The summed E-state index contributed by atoms with van der Waals surface area (Å²) in [5.41, 5.74) is 2.46. The zero-order valence-corrected chi connectivity index (χ0v) is 10.7. The Hall–Kier alpha value is -1.03.